The zero-order chi connectivity index (χ0) is 16.6. The van der Waals surface area contributed by atoms with Crippen LogP contribution in [0.3, 0.4) is 0 Å². The van der Waals surface area contributed by atoms with Gasteiger partial charge in [-0.15, -0.1) is 10.2 Å². The SMILES string of the molecule is O=C(c1ccc(Br)o1)N1CCC(c2nnc(C(F)(F)F)o2)CC1. The second-order valence-corrected chi connectivity index (χ2v) is 5.90. The van der Waals surface area contributed by atoms with Crippen molar-refractivity contribution in [2.24, 2.45) is 0 Å². The van der Waals surface area contributed by atoms with Crippen LogP contribution in [0.4, 0.5) is 13.2 Å². The smallest absolute Gasteiger partial charge is 0.444 e. The first-order valence-corrected chi connectivity index (χ1v) is 7.59. The maximum absolute atomic E-state index is 12.5. The molecule has 0 N–H and O–H groups in total. The number of rotatable bonds is 2. The summed E-state index contributed by atoms with van der Waals surface area (Å²) >= 11 is 3.13. The Balaban J connectivity index is 1.62. The van der Waals surface area contributed by atoms with Crippen LogP contribution < -0.4 is 0 Å². The van der Waals surface area contributed by atoms with E-state index in [1.54, 1.807) is 17.0 Å². The molecule has 3 rings (SSSR count). The molecule has 6 nitrogen and oxygen atoms in total. The molecule has 0 bridgehead atoms. The molecule has 1 aliphatic heterocycles. The number of alkyl halides is 3. The van der Waals surface area contributed by atoms with E-state index in [1.807, 2.05) is 0 Å². The lowest BCUT2D eigenvalue weighted by Gasteiger charge is -2.29. The summed E-state index contributed by atoms with van der Waals surface area (Å²) in [5.74, 6) is -1.70. The number of carbonyl (C=O) groups excluding carboxylic acids is 1. The van der Waals surface area contributed by atoms with Crippen molar-refractivity contribution < 1.29 is 26.8 Å². The minimum absolute atomic E-state index is 0.0369. The van der Waals surface area contributed by atoms with Crippen LogP contribution >= 0.6 is 15.9 Å². The first-order chi connectivity index (χ1) is 10.8. The molecule has 0 unspecified atom stereocenters. The van der Waals surface area contributed by atoms with E-state index in [2.05, 4.69) is 26.1 Å². The van der Waals surface area contributed by atoms with E-state index in [-0.39, 0.29) is 23.5 Å². The predicted octanol–water partition coefficient (Wildman–Crippen LogP) is 3.46. The molecule has 1 fully saturated rings. The van der Waals surface area contributed by atoms with E-state index < -0.39 is 12.1 Å². The fourth-order valence-corrected chi connectivity index (χ4v) is 2.74. The summed E-state index contributed by atoms with van der Waals surface area (Å²) in [7, 11) is 0. The van der Waals surface area contributed by atoms with Crippen molar-refractivity contribution in [2.45, 2.75) is 24.9 Å². The molecule has 0 radical (unpaired) electrons. The molecule has 3 heterocycles. The van der Waals surface area contributed by atoms with Crippen molar-refractivity contribution >= 4 is 21.8 Å². The minimum atomic E-state index is -4.64. The van der Waals surface area contributed by atoms with Crippen molar-refractivity contribution in [1.29, 1.82) is 0 Å². The molecule has 1 aliphatic rings. The highest BCUT2D eigenvalue weighted by Gasteiger charge is 2.39. The normalized spacial score (nSPS) is 16.8. The minimum Gasteiger partial charge on any atom is -0.444 e. The van der Waals surface area contributed by atoms with Gasteiger partial charge in [0.05, 0.1) is 0 Å². The van der Waals surface area contributed by atoms with Gasteiger partial charge in [-0.1, -0.05) is 0 Å². The van der Waals surface area contributed by atoms with Crippen molar-refractivity contribution in [3.8, 4) is 0 Å². The van der Waals surface area contributed by atoms with Crippen LogP contribution in [0.5, 0.6) is 0 Å². The lowest BCUT2D eigenvalue weighted by Crippen LogP contribution is -2.37. The van der Waals surface area contributed by atoms with Gasteiger partial charge in [0.2, 0.25) is 5.89 Å². The maximum atomic E-state index is 12.5. The fraction of sp³-hybridized carbons (Fsp3) is 0.462. The van der Waals surface area contributed by atoms with Crippen molar-refractivity contribution in [3.05, 3.63) is 34.3 Å². The average Bonchev–Trinajstić information content (AvgIpc) is 3.15. The highest BCUT2D eigenvalue weighted by Crippen LogP contribution is 2.32. The van der Waals surface area contributed by atoms with Crippen LogP contribution in [0.15, 0.2) is 25.6 Å². The maximum Gasteiger partial charge on any atom is 0.470 e. The Labute approximate surface area is 136 Å². The third-order valence-electron chi connectivity index (χ3n) is 3.60. The first kappa shape index (κ1) is 16.0. The Kier molecular flexibility index (Phi) is 4.17. The molecule has 23 heavy (non-hydrogen) atoms. The van der Waals surface area contributed by atoms with E-state index >= 15 is 0 Å². The van der Waals surface area contributed by atoms with Crippen molar-refractivity contribution in [2.75, 3.05) is 13.1 Å². The number of carbonyl (C=O) groups is 1. The monoisotopic (exact) mass is 393 g/mol. The van der Waals surface area contributed by atoms with Crippen molar-refractivity contribution in [3.63, 3.8) is 0 Å². The summed E-state index contributed by atoms with van der Waals surface area (Å²) < 4.78 is 47.8. The van der Waals surface area contributed by atoms with Gasteiger partial charge < -0.3 is 13.7 Å². The third kappa shape index (κ3) is 3.41. The van der Waals surface area contributed by atoms with Gasteiger partial charge in [0, 0.05) is 19.0 Å². The van der Waals surface area contributed by atoms with Gasteiger partial charge in [0.1, 0.15) is 0 Å². The summed E-state index contributed by atoms with van der Waals surface area (Å²) in [6, 6.07) is 3.18. The Morgan fingerprint density at radius 3 is 2.43 bits per heavy atom. The average molecular weight is 394 g/mol. The predicted molar refractivity (Wildman–Crippen MR) is 73.6 cm³/mol. The number of hydrogen-bond donors (Lipinski definition) is 0. The summed E-state index contributed by atoms with van der Waals surface area (Å²) in [6.07, 6.45) is -3.74. The molecule has 0 saturated carbocycles. The molecular weight excluding hydrogens is 383 g/mol. The van der Waals surface area contributed by atoms with Gasteiger partial charge >= 0.3 is 12.1 Å². The number of piperidine rings is 1. The largest absolute Gasteiger partial charge is 0.470 e. The Morgan fingerprint density at radius 2 is 1.91 bits per heavy atom. The summed E-state index contributed by atoms with van der Waals surface area (Å²) in [5, 5.41) is 6.50. The Morgan fingerprint density at radius 1 is 1.22 bits per heavy atom. The van der Waals surface area contributed by atoms with E-state index in [4.69, 9.17) is 8.83 Å². The topological polar surface area (TPSA) is 72.4 Å². The highest BCUT2D eigenvalue weighted by atomic mass is 79.9. The summed E-state index contributed by atoms with van der Waals surface area (Å²) in [5.41, 5.74) is 0. The quantitative estimate of drug-likeness (QED) is 0.780. The Bertz CT molecular complexity index is 705. The number of aromatic nitrogens is 2. The number of amides is 1. The van der Waals surface area contributed by atoms with Gasteiger partial charge in [0.15, 0.2) is 10.4 Å². The van der Waals surface area contributed by atoms with Crippen LogP contribution in [0, 0.1) is 0 Å². The molecular formula is C13H11BrF3N3O3. The second kappa shape index (κ2) is 5.99. The first-order valence-electron chi connectivity index (χ1n) is 6.80. The molecule has 0 aromatic carbocycles. The number of nitrogens with zero attached hydrogens (tertiary/aromatic N) is 3. The van der Waals surface area contributed by atoms with Crippen molar-refractivity contribution in [1.82, 2.24) is 15.1 Å². The molecule has 124 valence electrons. The zero-order valence-corrected chi connectivity index (χ0v) is 13.2. The highest BCUT2D eigenvalue weighted by molar-refractivity contribution is 9.10. The molecule has 1 saturated heterocycles. The zero-order valence-electron chi connectivity index (χ0n) is 11.6. The van der Waals surface area contributed by atoms with Crippen LogP contribution in [-0.2, 0) is 6.18 Å². The Hall–Kier alpha value is -1.84. The number of hydrogen-bond acceptors (Lipinski definition) is 5. The van der Waals surface area contributed by atoms with Crippen LogP contribution in [-0.4, -0.2) is 34.1 Å². The van der Waals surface area contributed by atoms with Gasteiger partial charge in [-0.05, 0) is 40.9 Å². The van der Waals surface area contributed by atoms with Crippen LogP contribution in [0.1, 0.15) is 41.1 Å². The molecule has 2 aromatic heterocycles. The number of likely N-dealkylation sites (tertiary alicyclic amines) is 1. The fourth-order valence-electron chi connectivity index (χ4n) is 2.43. The van der Waals surface area contributed by atoms with Crippen LogP contribution in [0.2, 0.25) is 0 Å². The van der Waals surface area contributed by atoms with Crippen LogP contribution in [0.25, 0.3) is 0 Å². The number of halogens is 4. The lowest BCUT2D eigenvalue weighted by atomic mass is 9.96. The molecule has 0 atom stereocenters. The second-order valence-electron chi connectivity index (χ2n) is 5.11. The van der Waals surface area contributed by atoms with E-state index in [9.17, 15) is 18.0 Å². The number of furan rings is 1. The van der Waals surface area contributed by atoms with Gasteiger partial charge in [0.25, 0.3) is 5.91 Å². The van der Waals surface area contributed by atoms with Gasteiger partial charge in [-0.3, -0.25) is 4.79 Å². The van der Waals surface area contributed by atoms with E-state index in [0.29, 0.717) is 30.6 Å². The summed E-state index contributed by atoms with van der Waals surface area (Å²) in [4.78, 5) is 13.8. The molecule has 1 amide bonds. The van der Waals surface area contributed by atoms with Gasteiger partial charge in [-0.25, -0.2) is 0 Å². The van der Waals surface area contributed by atoms with Gasteiger partial charge in [-0.2, -0.15) is 13.2 Å². The lowest BCUT2D eigenvalue weighted by molar-refractivity contribution is -0.157. The van der Waals surface area contributed by atoms with E-state index in [1.165, 1.54) is 0 Å². The molecule has 10 heteroatoms. The summed E-state index contributed by atoms with van der Waals surface area (Å²) in [6.45, 7) is 0.761. The molecule has 0 spiro atoms. The standard InChI is InChI=1S/C13H11BrF3N3O3/c14-9-2-1-8(22-9)11(21)20-5-3-7(4-6-20)10-18-19-12(23-10)13(15,16)17/h1-2,7H,3-6H2. The van der Waals surface area contributed by atoms with E-state index in [0.717, 1.165) is 0 Å². The third-order valence-corrected chi connectivity index (χ3v) is 4.02. The molecule has 0 aliphatic carbocycles. The molecule has 2 aromatic rings.